The second-order valence-electron chi connectivity index (χ2n) is 15.3. The summed E-state index contributed by atoms with van der Waals surface area (Å²) in [5.74, 6) is -3.52. The van der Waals surface area contributed by atoms with E-state index in [1.807, 2.05) is 13.8 Å². The molecule has 15 atom stereocenters. The minimum atomic E-state index is -1.37. The van der Waals surface area contributed by atoms with Gasteiger partial charge in [0.05, 0.1) is 12.5 Å². The van der Waals surface area contributed by atoms with Crippen molar-refractivity contribution in [3.63, 3.8) is 0 Å². The monoisotopic (exact) mass is 656 g/mol. The highest BCUT2D eigenvalue weighted by atomic mass is 16.8. The maximum Gasteiger partial charge on any atom is 0.332 e. The molecule has 0 aromatic rings. The van der Waals surface area contributed by atoms with Gasteiger partial charge in [0.2, 0.25) is 6.29 Å². The highest BCUT2D eigenvalue weighted by Gasteiger charge is 2.65. The molecule has 0 bridgehead atoms. The second-order valence-corrected chi connectivity index (χ2v) is 15.3. The van der Waals surface area contributed by atoms with Crippen LogP contribution in [0.5, 0.6) is 0 Å². The van der Waals surface area contributed by atoms with E-state index in [-0.39, 0.29) is 48.1 Å². The zero-order valence-electron chi connectivity index (χ0n) is 28.5. The van der Waals surface area contributed by atoms with Gasteiger partial charge in [-0.3, -0.25) is 4.79 Å². The Morgan fingerprint density at radius 3 is 1.87 bits per heavy atom. The summed E-state index contributed by atoms with van der Waals surface area (Å²) < 4.78 is 33.3. The Labute approximate surface area is 272 Å². The first-order chi connectivity index (χ1) is 21.4. The third-order valence-electron chi connectivity index (χ3n) is 12.1. The molecule has 12 heteroatoms. The van der Waals surface area contributed by atoms with Crippen LogP contribution in [0, 0.1) is 47.3 Å². The summed E-state index contributed by atoms with van der Waals surface area (Å²) in [6.45, 7) is 13.0. The van der Waals surface area contributed by atoms with Gasteiger partial charge in [-0.25, -0.2) is 4.79 Å². The fourth-order valence-electron chi connectivity index (χ4n) is 9.50. The lowest BCUT2D eigenvalue weighted by molar-refractivity contribution is -0.407. The lowest BCUT2D eigenvalue weighted by Gasteiger charge is -2.57. The van der Waals surface area contributed by atoms with Gasteiger partial charge in [0, 0.05) is 30.6 Å². The summed E-state index contributed by atoms with van der Waals surface area (Å²) in [6, 6.07) is 0. The topological polar surface area (TPSA) is 170 Å². The van der Waals surface area contributed by atoms with Crippen LogP contribution in [0.2, 0.25) is 0 Å². The molecule has 4 aliphatic heterocycles. The van der Waals surface area contributed by atoms with E-state index >= 15 is 0 Å². The number of esters is 2. The first-order valence-electron chi connectivity index (χ1n) is 17.3. The molecule has 0 amide bonds. The zero-order chi connectivity index (χ0) is 33.8. The standard InChI is InChI=1S/C19H32O7.C15H24O5/c1-5-23-15(20)10-24-16-12(3)14-7-6-11(2)13-8-9-18(4,21)26-17(25-16)19(13,14)22;1-8-4-5-11-9(2)12(16)19-13-15(11,18)10(8)6-7-14(3,17)20-13/h11-14,16-17,21-22H,5-10H2,1-4H3;8-11,13,17-18H,4-7H2,1-3H3/t11-,12-,13?,14?,16?,17-,18+,19-;8-,9-,10?,11?,13-,14+,15-/m11/s1. The summed E-state index contributed by atoms with van der Waals surface area (Å²) in [5.41, 5.74) is -2.34. The van der Waals surface area contributed by atoms with Gasteiger partial charge < -0.3 is 48.8 Å². The van der Waals surface area contributed by atoms with Crippen LogP contribution in [0.3, 0.4) is 0 Å². The van der Waals surface area contributed by atoms with Crippen molar-refractivity contribution in [2.24, 2.45) is 47.3 Å². The van der Waals surface area contributed by atoms with E-state index in [4.69, 9.17) is 28.4 Å². The maximum absolute atomic E-state index is 12.0. The molecule has 0 aromatic carbocycles. The van der Waals surface area contributed by atoms with Crippen molar-refractivity contribution in [1.29, 1.82) is 0 Å². The van der Waals surface area contributed by atoms with E-state index in [9.17, 15) is 30.0 Å². The van der Waals surface area contributed by atoms with Gasteiger partial charge in [0.15, 0.2) is 24.2 Å². The van der Waals surface area contributed by atoms with Gasteiger partial charge >= 0.3 is 11.9 Å². The number of hydrogen-bond donors (Lipinski definition) is 4. The van der Waals surface area contributed by atoms with Crippen molar-refractivity contribution in [3.05, 3.63) is 0 Å². The predicted octanol–water partition coefficient (Wildman–Crippen LogP) is 3.21. The molecule has 46 heavy (non-hydrogen) atoms. The van der Waals surface area contributed by atoms with Crippen molar-refractivity contribution in [1.82, 2.24) is 0 Å². The fourth-order valence-corrected chi connectivity index (χ4v) is 9.50. The maximum atomic E-state index is 12.0. The van der Waals surface area contributed by atoms with Crippen LogP contribution in [0.15, 0.2) is 0 Å². The molecule has 264 valence electrons. The lowest BCUT2D eigenvalue weighted by atomic mass is 9.58. The highest BCUT2D eigenvalue weighted by molar-refractivity contribution is 5.74. The SMILES string of the molecule is CCOC(=O)COC1O[C@@H]2O[C@](C)(O)CCC3[C@H](C)CCC([C@H]1C)[C@]32O.C[C@@H]1CCC2[C@@H](C)C(=O)O[C@@H]3O[C@](C)(O)CCC1[C@@]23O. The highest BCUT2D eigenvalue weighted by Crippen LogP contribution is 2.56. The number of ether oxygens (including phenoxy) is 6. The number of rotatable bonds is 4. The molecule has 0 radical (unpaired) electrons. The second kappa shape index (κ2) is 13.2. The average Bonchev–Trinajstić information content (AvgIpc) is 3.14. The van der Waals surface area contributed by atoms with E-state index in [2.05, 4.69) is 13.8 Å². The number of aliphatic hydroxyl groups is 4. The van der Waals surface area contributed by atoms with Gasteiger partial charge in [0.25, 0.3) is 0 Å². The van der Waals surface area contributed by atoms with Gasteiger partial charge in [-0.15, -0.1) is 0 Å². The smallest absolute Gasteiger partial charge is 0.332 e. The van der Waals surface area contributed by atoms with Crippen LogP contribution in [0.4, 0.5) is 0 Å². The summed E-state index contributed by atoms with van der Waals surface area (Å²) in [6.07, 6.45) is 3.14. The molecule has 6 aliphatic rings. The van der Waals surface area contributed by atoms with E-state index < -0.39 is 47.6 Å². The van der Waals surface area contributed by atoms with E-state index in [1.54, 1.807) is 20.8 Å². The number of carbonyl (C=O) groups is 2. The Morgan fingerprint density at radius 2 is 1.30 bits per heavy atom. The number of hydrogen-bond acceptors (Lipinski definition) is 12. The minimum Gasteiger partial charge on any atom is -0.464 e. The molecular weight excluding hydrogens is 600 g/mol. The third kappa shape index (κ3) is 6.49. The van der Waals surface area contributed by atoms with Gasteiger partial charge in [-0.05, 0) is 83.0 Å². The summed E-state index contributed by atoms with van der Waals surface area (Å²) in [5, 5.41) is 43.8. The largest absolute Gasteiger partial charge is 0.464 e. The normalized spacial score (nSPS) is 51.5. The third-order valence-corrected chi connectivity index (χ3v) is 12.1. The molecule has 4 saturated heterocycles. The van der Waals surface area contributed by atoms with Crippen molar-refractivity contribution < 1.29 is 58.4 Å². The summed E-state index contributed by atoms with van der Waals surface area (Å²) >= 11 is 0. The van der Waals surface area contributed by atoms with E-state index in [1.165, 1.54) is 0 Å². The molecule has 12 nitrogen and oxygen atoms in total. The van der Waals surface area contributed by atoms with Gasteiger partial charge in [0.1, 0.15) is 17.8 Å². The minimum absolute atomic E-state index is 0.00391. The molecule has 5 unspecified atom stereocenters. The van der Waals surface area contributed by atoms with E-state index in [0.29, 0.717) is 44.1 Å². The zero-order valence-corrected chi connectivity index (χ0v) is 28.5. The van der Waals surface area contributed by atoms with Gasteiger partial charge in [-0.1, -0.05) is 27.7 Å². The quantitative estimate of drug-likeness (QED) is 0.327. The van der Waals surface area contributed by atoms with Crippen LogP contribution in [-0.4, -0.2) is 87.2 Å². The molecule has 6 rings (SSSR count). The molecule has 4 N–H and O–H groups in total. The lowest BCUT2D eigenvalue weighted by Crippen LogP contribution is -2.67. The van der Waals surface area contributed by atoms with Gasteiger partial charge in [-0.2, -0.15) is 0 Å². The molecule has 0 spiro atoms. The summed E-state index contributed by atoms with van der Waals surface area (Å²) in [4.78, 5) is 23.6. The average molecular weight is 657 g/mol. The number of carbonyl (C=O) groups excluding carboxylic acids is 2. The van der Waals surface area contributed by atoms with Crippen LogP contribution >= 0.6 is 0 Å². The first kappa shape index (κ1) is 35.9. The molecule has 2 saturated carbocycles. The Kier molecular flexibility index (Phi) is 10.3. The first-order valence-corrected chi connectivity index (χ1v) is 17.3. The Balaban J connectivity index is 0.000000187. The Morgan fingerprint density at radius 1 is 0.783 bits per heavy atom. The predicted molar refractivity (Wildman–Crippen MR) is 162 cm³/mol. The van der Waals surface area contributed by atoms with Crippen LogP contribution in [0.25, 0.3) is 0 Å². The van der Waals surface area contributed by atoms with Crippen LogP contribution < -0.4 is 0 Å². The molecule has 4 heterocycles. The molecule has 6 fully saturated rings. The van der Waals surface area contributed by atoms with E-state index in [0.717, 1.165) is 25.7 Å². The van der Waals surface area contributed by atoms with Crippen LogP contribution in [-0.2, 0) is 38.0 Å². The van der Waals surface area contributed by atoms with Crippen LogP contribution in [0.1, 0.15) is 99.8 Å². The van der Waals surface area contributed by atoms with Crippen molar-refractivity contribution in [2.75, 3.05) is 13.2 Å². The molecule has 2 aliphatic carbocycles. The molecular formula is C34H56O12. The summed E-state index contributed by atoms with van der Waals surface area (Å²) in [7, 11) is 0. The fraction of sp³-hybridized carbons (Fsp3) is 0.941. The Hall–Kier alpha value is -1.38. The Bertz CT molecular complexity index is 1110. The molecule has 0 aromatic heterocycles. The van der Waals surface area contributed by atoms with Crippen molar-refractivity contribution in [3.8, 4) is 0 Å². The van der Waals surface area contributed by atoms with Crippen molar-refractivity contribution in [2.45, 2.75) is 141 Å². The van der Waals surface area contributed by atoms with Crippen molar-refractivity contribution >= 4 is 11.9 Å².